The van der Waals surface area contributed by atoms with Gasteiger partial charge in [-0.3, -0.25) is 4.79 Å². The van der Waals surface area contributed by atoms with E-state index in [4.69, 9.17) is 16.6 Å². The maximum absolute atomic E-state index is 12.8. The topological polar surface area (TPSA) is 58.1 Å². The van der Waals surface area contributed by atoms with Gasteiger partial charge in [-0.2, -0.15) is 0 Å². The van der Waals surface area contributed by atoms with Gasteiger partial charge in [-0.25, -0.2) is 9.97 Å². The average Bonchev–Trinajstić information content (AvgIpc) is 3.15. The number of anilines is 2. The molecule has 0 saturated carbocycles. The van der Waals surface area contributed by atoms with Crippen molar-refractivity contribution in [3.63, 3.8) is 0 Å². The molecular formula is C20H21ClN4OS2. The van der Waals surface area contributed by atoms with E-state index in [9.17, 15) is 4.79 Å². The molecule has 3 aromatic rings. The first kappa shape index (κ1) is 19.5. The summed E-state index contributed by atoms with van der Waals surface area (Å²) in [7, 11) is 0. The van der Waals surface area contributed by atoms with Crippen LogP contribution in [0, 0.1) is 6.92 Å². The highest BCUT2D eigenvalue weighted by Crippen LogP contribution is 2.34. The molecule has 0 spiro atoms. The van der Waals surface area contributed by atoms with Gasteiger partial charge in [-0.1, -0.05) is 29.4 Å². The van der Waals surface area contributed by atoms with Gasteiger partial charge in [0.05, 0.1) is 10.3 Å². The molecule has 0 bridgehead atoms. The summed E-state index contributed by atoms with van der Waals surface area (Å²) in [4.78, 5) is 26.0. The predicted molar refractivity (Wildman–Crippen MR) is 119 cm³/mol. The molecule has 1 aliphatic rings. The molecule has 1 saturated heterocycles. The van der Waals surface area contributed by atoms with E-state index in [1.54, 1.807) is 6.07 Å². The number of halogens is 1. The maximum atomic E-state index is 12.8. The Hall–Kier alpha value is -1.83. The molecule has 1 aromatic carbocycles. The van der Waals surface area contributed by atoms with Gasteiger partial charge in [-0.15, -0.1) is 11.3 Å². The normalized spacial score (nSPS) is 14.5. The van der Waals surface area contributed by atoms with Crippen molar-refractivity contribution in [1.29, 1.82) is 0 Å². The Balaban J connectivity index is 1.67. The number of carbonyl (C=O) groups is 1. The van der Waals surface area contributed by atoms with Gasteiger partial charge in [-0.05, 0) is 56.2 Å². The highest BCUT2D eigenvalue weighted by molar-refractivity contribution is 7.98. The summed E-state index contributed by atoms with van der Waals surface area (Å²) in [5.74, 6) is 0.793. The van der Waals surface area contributed by atoms with Crippen LogP contribution in [0.1, 0.15) is 34.5 Å². The maximum Gasteiger partial charge on any atom is 0.265 e. The van der Waals surface area contributed by atoms with Crippen LogP contribution in [0.5, 0.6) is 0 Å². The lowest BCUT2D eigenvalue weighted by Gasteiger charge is -2.28. The molecule has 3 heterocycles. The zero-order valence-corrected chi connectivity index (χ0v) is 18.2. The smallest absolute Gasteiger partial charge is 0.265 e. The first-order chi connectivity index (χ1) is 13.5. The molecule has 28 heavy (non-hydrogen) atoms. The van der Waals surface area contributed by atoms with Crippen LogP contribution in [-0.4, -0.2) is 35.2 Å². The van der Waals surface area contributed by atoms with E-state index in [0.29, 0.717) is 15.6 Å². The Morgan fingerprint density at radius 1 is 1.21 bits per heavy atom. The summed E-state index contributed by atoms with van der Waals surface area (Å²) in [6.45, 7) is 3.93. The van der Waals surface area contributed by atoms with E-state index in [1.165, 1.54) is 42.4 Å². The molecule has 1 N–H and O–H groups in total. The number of nitrogens with zero attached hydrogens (tertiary/aromatic N) is 3. The Morgan fingerprint density at radius 2 is 2.00 bits per heavy atom. The Labute approximate surface area is 177 Å². The van der Waals surface area contributed by atoms with Gasteiger partial charge < -0.3 is 10.2 Å². The number of thiophene rings is 1. The SMILES string of the molecule is CSc1nc(N2CCCCC2)c2cc(C(=O)Nc3ccc(C)c(Cl)c3)sc2n1. The van der Waals surface area contributed by atoms with Crippen LogP contribution in [0.2, 0.25) is 5.02 Å². The van der Waals surface area contributed by atoms with Crippen molar-refractivity contribution in [3.05, 3.63) is 39.7 Å². The molecule has 0 radical (unpaired) electrons. The number of thioether (sulfide) groups is 1. The number of aryl methyl sites for hydroxylation is 1. The summed E-state index contributed by atoms with van der Waals surface area (Å²) in [6, 6.07) is 7.44. The molecule has 0 atom stereocenters. The van der Waals surface area contributed by atoms with Gasteiger partial charge in [0.1, 0.15) is 10.6 Å². The van der Waals surface area contributed by atoms with Gasteiger partial charge in [0, 0.05) is 23.8 Å². The lowest BCUT2D eigenvalue weighted by atomic mass is 10.1. The minimum atomic E-state index is -0.154. The van der Waals surface area contributed by atoms with Crippen LogP contribution < -0.4 is 10.2 Å². The molecule has 0 aliphatic carbocycles. The molecule has 4 rings (SSSR count). The number of benzene rings is 1. The van der Waals surface area contributed by atoms with Crippen molar-refractivity contribution in [3.8, 4) is 0 Å². The third-order valence-electron chi connectivity index (χ3n) is 4.84. The van der Waals surface area contributed by atoms with Crippen LogP contribution in [0.15, 0.2) is 29.4 Å². The zero-order chi connectivity index (χ0) is 19.7. The van der Waals surface area contributed by atoms with E-state index in [-0.39, 0.29) is 5.91 Å². The van der Waals surface area contributed by atoms with Crippen molar-refractivity contribution in [1.82, 2.24) is 9.97 Å². The first-order valence-corrected chi connectivity index (χ1v) is 11.6. The minimum absolute atomic E-state index is 0.154. The number of amides is 1. The minimum Gasteiger partial charge on any atom is -0.356 e. The Morgan fingerprint density at radius 3 is 2.71 bits per heavy atom. The lowest BCUT2D eigenvalue weighted by Crippen LogP contribution is -2.30. The second kappa shape index (κ2) is 8.27. The standard InChI is InChI=1S/C20H21ClN4OS2/c1-12-6-7-13(10-15(12)21)22-18(26)16-11-14-17(25-8-4-3-5-9-25)23-20(27-2)24-19(14)28-16/h6-7,10-11H,3-5,8-9H2,1-2H3,(H,22,26). The highest BCUT2D eigenvalue weighted by atomic mass is 35.5. The third kappa shape index (κ3) is 3.97. The van der Waals surface area contributed by atoms with Gasteiger partial charge in [0.15, 0.2) is 5.16 Å². The summed E-state index contributed by atoms with van der Waals surface area (Å²) in [5.41, 5.74) is 1.66. The zero-order valence-electron chi connectivity index (χ0n) is 15.8. The van der Waals surface area contributed by atoms with E-state index >= 15 is 0 Å². The quantitative estimate of drug-likeness (QED) is 0.428. The molecule has 8 heteroatoms. The Kier molecular flexibility index (Phi) is 5.75. The van der Waals surface area contributed by atoms with Crippen LogP contribution in [0.3, 0.4) is 0 Å². The van der Waals surface area contributed by atoms with Gasteiger partial charge >= 0.3 is 0 Å². The van der Waals surface area contributed by atoms with Crippen molar-refractivity contribution in [2.24, 2.45) is 0 Å². The lowest BCUT2D eigenvalue weighted by molar-refractivity contribution is 0.103. The second-order valence-corrected chi connectivity index (χ2v) is 9.04. The molecule has 0 unspecified atom stereocenters. The number of rotatable bonds is 4. The van der Waals surface area contributed by atoms with Crippen molar-refractivity contribution < 1.29 is 4.79 Å². The number of carbonyl (C=O) groups excluding carboxylic acids is 1. The van der Waals surface area contributed by atoms with Gasteiger partial charge in [0.2, 0.25) is 0 Å². The fourth-order valence-electron chi connectivity index (χ4n) is 3.30. The van der Waals surface area contributed by atoms with E-state index in [0.717, 1.165) is 39.8 Å². The Bertz CT molecular complexity index is 1030. The van der Waals surface area contributed by atoms with Gasteiger partial charge in [0.25, 0.3) is 5.91 Å². The average molecular weight is 433 g/mol. The summed E-state index contributed by atoms with van der Waals surface area (Å²) < 4.78 is 0. The largest absolute Gasteiger partial charge is 0.356 e. The number of nitrogens with one attached hydrogen (secondary N) is 1. The summed E-state index contributed by atoms with van der Waals surface area (Å²) >= 11 is 9.10. The summed E-state index contributed by atoms with van der Waals surface area (Å²) in [5, 5.41) is 5.27. The molecule has 1 amide bonds. The van der Waals surface area contributed by atoms with E-state index < -0.39 is 0 Å². The second-order valence-electron chi connectivity index (χ2n) is 6.83. The molecule has 1 aliphatic heterocycles. The monoisotopic (exact) mass is 432 g/mol. The van der Waals surface area contributed by atoms with Crippen molar-refractivity contribution in [2.75, 3.05) is 29.6 Å². The number of piperidine rings is 1. The van der Waals surface area contributed by atoms with E-state index in [1.807, 2.05) is 31.4 Å². The molecule has 146 valence electrons. The fraction of sp³-hybridized carbons (Fsp3) is 0.350. The van der Waals surface area contributed by atoms with Crippen LogP contribution in [-0.2, 0) is 0 Å². The third-order valence-corrected chi connectivity index (χ3v) is 6.83. The van der Waals surface area contributed by atoms with E-state index in [2.05, 4.69) is 15.2 Å². The number of hydrogen-bond donors (Lipinski definition) is 1. The number of fused-ring (bicyclic) bond motifs is 1. The predicted octanol–water partition coefficient (Wildman–Crippen LogP) is 5.62. The molecule has 2 aromatic heterocycles. The van der Waals surface area contributed by atoms with Crippen LogP contribution >= 0.6 is 34.7 Å². The fourth-order valence-corrected chi connectivity index (χ4v) is 4.82. The van der Waals surface area contributed by atoms with Crippen LogP contribution in [0.25, 0.3) is 10.2 Å². The summed E-state index contributed by atoms with van der Waals surface area (Å²) in [6.07, 6.45) is 5.58. The molecular weight excluding hydrogens is 412 g/mol. The first-order valence-electron chi connectivity index (χ1n) is 9.23. The number of hydrogen-bond acceptors (Lipinski definition) is 6. The van der Waals surface area contributed by atoms with Crippen molar-refractivity contribution >= 4 is 62.3 Å². The van der Waals surface area contributed by atoms with Crippen molar-refractivity contribution in [2.45, 2.75) is 31.3 Å². The molecule has 1 fully saturated rings. The highest BCUT2D eigenvalue weighted by Gasteiger charge is 2.21. The number of aromatic nitrogens is 2. The molecule has 5 nitrogen and oxygen atoms in total. The van der Waals surface area contributed by atoms with Crippen LogP contribution in [0.4, 0.5) is 11.5 Å².